The number of anilines is 1. The molecule has 0 unspecified atom stereocenters. The highest BCUT2D eigenvalue weighted by Gasteiger charge is 2.11. The molecule has 1 N–H and O–H groups in total. The maximum absolute atomic E-state index is 12.5. The van der Waals surface area contributed by atoms with E-state index in [0.29, 0.717) is 11.5 Å². The predicted molar refractivity (Wildman–Crippen MR) is 111 cm³/mol. The van der Waals surface area contributed by atoms with Crippen LogP contribution in [0.25, 0.3) is 23.1 Å². The minimum atomic E-state index is -3.65. The molecule has 2 heterocycles. The van der Waals surface area contributed by atoms with Gasteiger partial charge in [0.25, 0.3) is 10.0 Å². The Bertz CT molecular complexity index is 1230. The Balaban J connectivity index is 1.63. The quantitative estimate of drug-likeness (QED) is 0.556. The van der Waals surface area contributed by atoms with Crippen LogP contribution in [0.2, 0.25) is 0 Å². The molecule has 0 bridgehead atoms. The number of benzene rings is 2. The minimum Gasteiger partial charge on any atom is -0.291 e. The van der Waals surface area contributed by atoms with Crippen molar-refractivity contribution < 1.29 is 8.42 Å². The predicted octanol–water partition coefficient (Wildman–Crippen LogP) is 4.12. The molecule has 0 amide bonds. The second kappa shape index (κ2) is 7.28. The maximum Gasteiger partial charge on any atom is 0.255 e. The number of hydrogen-bond donors (Lipinski definition) is 1. The lowest BCUT2D eigenvalue weighted by molar-refractivity contribution is 0.609. The Kier molecular flexibility index (Phi) is 4.67. The summed E-state index contributed by atoms with van der Waals surface area (Å²) in [6.07, 6.45) is 6.97. The van der Waals surface area contributed by atoms with Crippen molar-refractivity contribution in [3.63, 3.8) is 0 Å². The van der Waals surface area contributed by atoms with Gasteiger partial charge in [0.1, 0.15) is 0 Å². The van der Waals surface area contributed by atoms with Crippen LogP contribution in [0.5, 0.6) is 0 Å². The summed E-state index contributed by atoms with van der Waals surface area (Å²) in [5.74, 6) is 0.589. The van der Waals surface area contributed by atoms with Gasteiger partial charge < -0.3 is 0 Å². The van der Waals surface area contributed by atoms with E-state index >= 15 is 0 Å². The molecule has 0 aliphatic carbocycles. The van der Waals surface area contributed by atoms with E-state index in [1.807, 2.05) is 72.2 Å². The third-order valence-corrected chi connectivity index (χ3v) is 5.26. The molecular formula is C21H18N4O2S. The number of fused-ring (bicyclic) bond motifs is 1. The monoisotopic (exact) mass is 390 g/mol. The molecule has 0 fully saturated rings. The molecule has 2 aromatic heterocycles. The fourth-order valence-electron chi connectivity index (χ4n) is 2.78. The molecule has 2 aromatic carbocycles. The number of imidazole rings is 1. The smallest absolute Gasteiger partial charge is 0.255 e. The van der Waals surface area contributed by atoms with E-state index in [0.717, 1.165) is 22.4 Å². The first-order valence-electron chi connectivity index (χ1n) is 8.67. The molecule has 140 valence electrons. The highest BCUT2D eigenvalue weighted by Crippen LogP contribution is 2.26. The van der Waals surface area contributed by atoms with E-state index < -0.39 is 10.0 Å². The summed E-state index contributed by atoms with van der Waals surface area (Å²) in [7, 11) is -3.65. The van der Waals surface area contributed by atoms with Crippen molar-refractivity contribution >= 4 is 27.6 Å². The Morgan fingerprint density at radius 3 is 2.68 bits per heavy atom. The van der Waals surface area contributed by atoms with E-state index in [2.05, 4.69) is 14.7 Å². The molecule has 0 saturated heterocycles. The zero-order valence-corrected chi connectivity index (χ0v) is 16.0. The van der Waals surface area contributed by atoms with Gasteiger partial charge in [-0.2, -0.15) is 0 Å². The Hall–Kier alpha value is -3.45. The first-order chi connectivity index (χ1) is 13.5. The molecule has 28 heavy (non-hydrogen) atoms. The van der Waals surface area contributed by atoms with Crippen LogP contribution >= 0.6 is 0 Å². The zero-order chi connectivity index (χ0) is 19.6. The first kappa shape index (κ1) is 17.9. The normalized spacial score (nSPS) is 11.9. The van der Waals surface area contributed by atoms with E-state index in [1.54, 1.807) is 18.3 Å². The van der Waals surface area contributed by atoms with E-state index in [4.69, 9.17) is 0 Å². The molecule has 0 radical (unpaired) electrons. The van der Waals surface area contributed by atoms with Gasteiger partial charge in [0.05, 0.1) is 16.8 Å². The van der Waals surface area contributed by atoms with Crippen molar-refractivity contribution in [3.05, 3.63) is 89.7 Å². The summed E-state index contributed by atoms with van der Waals surface area (Å²) in [5.41, 5.74) is 3.68. The molecule has 7 heteroatoms. The molecule has 6 nitrogen and oxygen atoms in total. The van der Waals surface area contributed by atoms with Crippen molar-refractivity contribution in [2.45, 2.75) is 6.92 Å². The number of aryl methyl sites for hydroxylation is 1. The summed E-state index contributed by atoms with van der Waals surface area (Å²) in [5, 5.41) is 1.17. The topological polar surface area (TPSA) is 76.4 Å². The zero-order valence-electron chi connectivity index (χ0n) is 15.1. The van der Waals surface area contributed by atoms with E-state index in [1.165, 1.54) is 5.41 Å². The van der Waals surface area contributed by atoms with Crippen molar-refractivity contribution in [3.8, 4) is 11.3 Å². The summed E-state index contributed by atoms with van der Waals surface area (Å²) in [4.78, 5) is 8.70. The van der Waals surface area contributed by atoms with Gasteiger partial charge in [-0.1, -0.05) is 42.5 Å². The second-order valence-corrected chi connectivity index (χ2v) is 7.91. The summed E-state index contributed by atoms with van der Waals surface area (Å²) >= 11 is 0. The van der Waals surface area contributed by atoms with Crippen LogP contribution < -0.4 is 4.72 Å². The number of nitrogens with zero attached hydrogens (tertiary/aromatic N) is 3. The van der Waals surface area contributed by atoms with Gasteiger partial charge in [0.2, 0.25) is 5.78 Å². The molecule has 0 atom stereocenters. The maximum atomic E-state index is 12.5. The van der Waals surface area contributed by atoms with Gasteiger partial charge in [0.15, 0.2) is 0 Å². The van der Waals surface area contributed by atoms with Crippen molar-refractivity contribution in [1.82, 2.24) is 14.4 Å². The third-order valence-electron chi connectivity index (χ3n) is 4.26. The van der Waals surface area contributed by atoms with Gasteiger partial charge in [0, 0.05) is 24.2 Å². The minimum absolute atomic E-state index is 0.514. The molecule has 4 rings (SSSR count). The molecular weight excluding hydrogens is 372 g/mol. The molecule has 0 aliphatic heterocycles. The number of aromatic nitrogens is 3. The lowest BCUT2D eigenvalue weighted by atomic mass is 10.1. The van der Waals surface area contributed by atoms with E-state index in [-0.39, 0.29) is 0 Å². The second-order valence-electron chi connectivity index (χ2n) is 6.34. The third kappa shape index (κ3) is 3.94. The van der Waals surface area contributed by atoms with Crippen molar-refractivity contribution in [1.29, 1.82) is 0 Å². The highest BCUT2D eigenvalue weighted by molar-refractivity contribution is 7.95. The Morgan fingerprint density at radius 2 is 1.89 bits per heavy atom. The summed E-state index contributed by atoms with van der Waals surface area (Å²) in [6, 6.07) is 16.7. The molecule has 0 aliphatic rings. The van der Waals surface area contributed by atoms with Crippen molar-refractivity contribution in [2.75, 3.05) is 4.72 Å². The van der Waals surface area contributed by atoms with Crippen LogP contribution in [0, 0.1) is 6.92 Å². The van der Waals surface area contributed by atoms with Crippen LogP contribution in [-0.4, -0.2) is 22.8 Å². The lowest BCUT2D eigenvalue weighted by Crippen LogP contribution is -2.10. The average Bonchev–Trinajstić information content (AvgIpc) is 3.13. The van der Waals surface area contributed by atoms with Gasteiger partial charge in [-0.05, 0) is 36.3 Å². The SMILES string of the molecule is Cc1ccc(-c2cn3cccnc3n2)cc1NS(=O)(=O)/C=C/c1ccccc1. The van der Waals surface area contributed by atoms with Crippen LogP contribution in [0.3, 0.4) is 0 Å². The van der Waals surface area contributed by atoms with Crippen LogP contribution in [0.15, 0.2) is 78.6 Å². The van der Waals surface area contributed by atoms with Crippen molar-refractivity contribution in [2.24, 2.45) is 0 Å². The fourth-order valence-corrected chi connectivity index (χ4v) is 3.71. The Labute approximate surface area is 163 Å². The highest BCUT2D eigenvalue weighted by atomic mass is 32.2. The van der Waals surface area contributed by atoms with E-state index in [9.17, 15) is 8.42 Å². The largest absolute Gasteiger partial charge is 0.291 e. The number of sulfonamides is 1. The van der Waals surface area contributed by atoms with Crippen LogP contribution in [0.1, 0.15) is 11.1 Å². The summed E-state index contributed by atoms with van der Waals surface area (Å²) < 4.78 is 29.4. The average molecular weight is 390 g/mol. The van der Waals surface area contributed by atoms with Crippen LogP contribution in [-0.2, 0) is 10.0 Å². The standard InChI is InChI=1S/C21H18N4O2S/c1-16-8-9-18(20-15-25-12-5-11-22-21(25)23-20)14-19(16)24-28(26,27)13-10-17-6-3-2-4-7-17/h2-15,24H,1H3/b13-10+. The molecule has 0 spiro atoms. The fraction of sp³-hybridized carbons (Fsp3) is 0.0476. The summed E-state index contributed by atoms with van der Waals surface area (Å²) in [6.45, 7) is 1.85. The van der Waals surface area contributed by atoms with Gasteiger partial charge in [-0.25, -0.2) is 18.4 Å². The first-order valence-corrected chi connectivity index (χ1v) is 10.2. The molecule has 4 aromatic rings. The lowest BCUT2D eigenvalue weighted by Gasteiger charge is -2.09. The van der Waals surface area contributed by atoms with Gasteiger partial charge in [-0.3, -0.25) is 9.12 Å². The Morgan fingerprint density at radius 1 is 1.07 bits per heavy atom. The van der Waals surface area contributed by atoms with Gasteiger partial charge in [-0.15, -0.1) is 0 Å². The van der Waals surface area contributed by atoms with Crippen LogP contribution in [0.4, 0.5) is 5.69 Å². The number of nitrogens with one attached hydrogen (secondary N) is 1. The number of hydrogen-bond acceptors (Lipinski definition) is 4. The molecule has 0 saturated carbocycles. The number of rotatable bonds is 5. The van der Waals surface area contributed by atoms with Gasteiger partial charge >= 0.3 is 0 Å².